The minimum absolute atomic E-state index is 0.0425. The van der Waals surface area contributed by atoms with Gasteiger partial charge in [0.05, 0.1) is 6.54 Å². The van der Waals surface area contributed by atoms with Crippen molar-refractivity contribution < 1.29 is 14.0 Å². The number of carbonyl (C=O) groups excluding carboxylic acids is 2. The molecule has 3 amide bonds. The summed E-state index contributed by atoms with van der Waals surface area (Å²) in [7, 11) is 0. The van der Waals surface area contributed by atoms with E-state index in [1.807, 2.05) is 30.3 Å². The molecule has 118 valence electrons. The molecule has 0 aromatic heterocycles. The monoisotopic (exact) mass is 312 g/mol. The number of nitrogens with one attached hydrogen (secondary N) is 1. The molecule has 1 aliphatic rings. The predicted octanol–water partition coefficient (Wildman–Crippen LogP) is 2.88. The number of rotatable bonds is 5. The Balaban J connectivity index is 1.64. The maximum Gasteiger partial charge on any atom is 0.325 e. The largest absolute Gasteiger partial charge is 0.326 e. The second kappa shape index (κ2) is 6.60. The third-order valence-electron chi connectivity index (χ3n) is 3.96. The van der Waals surface area contributed by atoms with Crippen LogP contribution in [0.1, 0.15) is 17.5 Å². The summed E-state index contributed by atoms with van der Waals surface area (Å²) in [5.41, 5.74) is 1.45. The summed E-state index contributed by atoms with van der Waals surface area (Å²) in [6.45, 7) is -0.0425. The van der Waals surface area contributed by atoms with E-state index in [0.29, 0.717) is 18.4 Å². The van der Waals surface area contributed by atoms with Crippen molar-refractivity contribution in [2.24, 2.45) is 0 Å². The summed E-state index contributed by atoms with van der Waals surface area (Å²) in [5.74, 6) is -0.713. The van der Waals surface area contributed by atoms with E-state index in [9.17, 15) is 14.0 Å². The highest BCUT2D eigenvalue weighted by atomic mass is 19.1. The molecule has 4 nitrogen and oxygen atoms in total. The molecule has 1 N–H and O–H groups in total. The van der Waals surface area contributed by atoms with Gasteiger partial charge in [0.25, 0.3) is 5.91 Å². The Morgan fingerprint density at radius 1 is 1.00 bits per heavy atom. The lowest BCUT2D eigenvalue weighted by Crippen LogP contribution is -2.31. The normalized spacial score (nSPS) is 17.4. The van der Waals surface area contributed by atoms with Gasteiger partial charge in [0.1, 0.15) is 11.9 Å². The lowest BCUT2D eigenvalue weighted by Gasteiger charge is -2.13. The molecule has 0 aliphatic carbocycles. The van der Waals surface area contributed by atoms with E-state index in [1.165, 1.54) is 6.07 Å². The fourth-order valence-electron chi connectivity index (χ4n) is 2.67. The molecule has 1 saturated heterocycles. The smallest absolute Gasteiger partial charge is 0.325 e. The molecule has 0 unspecified atom stereocenters. The average Bonchev–Trinajstić information content (AvgIpc) is 2.83. The molecule has 2 aromatic carbocycles. The van der Waals surface area contributed by atoms with Crippen molar-refractivity contribution in [2.45, 2.75) is 25.4 Å². The lowest BCUT2D eigenvalue weighted by atomic mass is 10.1. The zero-order valence-electron chi connectivity index (χ0n) is 12.5. The number of urea groups is 1. The highest BCUT2D eigenvalue weighted by molar-refractivity contribution is 6.04. The van der Waals surface area contributed by atoms with Crippen LogP contribution in [0.2, 0.25) is 0 Å². The van der Waals surface area contributed by atoms with E-state index >= 15 is 0 Å². The van der Waals surface area contributed by atoms with Gasteiger partial charge in [-0.2, -0.15) is 0 Å². The van der Waals surface area contributed by atoms with Gasteiger partial charge in [-0.1, -0.05) is 48.5 Å². The Morgan fingerprint density at radius 3 is 2.43 bits per heavy atom. The van der Waals surface area contributed by atoms with Crippen LogP contribution >= 0.6 is 0 Å². The van der Waals surface area contributed by atoms with E-state index < -0.39 is 17.9 Å². The fourth-order valence-corrected chi connectivity index (χ4v) is 2.67. The predicted molar refractivity (Wildman–Crippen MR) is 84.0 cm³/mol. The van der Waals surface area contributed by atoms with Crippen molar-refractivity contribution >= 4 is 11.9 Å². The summed E-state index contributed by atoms with van der Waals surface area (Å²) < 4.78 is 13.7. The number of halogens is 1. The summed E-state index contributed by atoms with van der Waals surface area (Å²) in [4.78, 5) is 25.4. The van der Waals surface area contributed by atoms with E-state index in [-0.39, 0.29) is 12.5 Å². The van der Waals surface area contributed by atoms with Crippen molar-refractivity contribution in [3.8, 4) is 0 Å². The number of aryl methyl sites for hydroxylation is 1. The first kappa shape index (κ1) is 15.2. The number of hydrogen-bond acceptors (Lipinski definition) is 2. The van der Waals surface area contributed by atoms with Gasteiger partial charge < -0.3 is 5.32 Å². The van der Waals surface area contributed by atoms with Crippen LogP contribution in [0.5, 0.6) is 0 Å². The number of imide groups is 1. The zero-order chi connectivity index (χ0) is 16.2. The number of hydrogen-bond donors (Lipinski definition) is 1. The van der Waals surface area contributed by atoms with Crippen molar-refractivity contribution in [2.75, 3.05) is 0 Å². The molecule has 0 saturated carbocycles. The van der Waals surface area contributed by atoms with Crippen molar-refractivity contribution in [3.05, 3.63) is 71.5 Å². The van der Waals surface area contributed by atoms with Crippen molar-refractivity contribution in [3.63, 3.8) is 0 Å². The quantitative estimate of drug-likeness (QED) is 0.863. The Hall–Kier alpha value is -2.69. The molecule has 1 fully saturated rings. The second-order valence-corrected chi connectivity index (χ2v) is 5.54. The minimum Gasteiger partial charge on any atom is -0.326 e. The van der Waals surface area contributed by atoms with Crippen molar-refractivity contribution in [1.29, 1.82) is 0 Å². The lowest BCUT2D eigenvalue weighted by molar-refractivity contribution is -0.128. The molecule has 1 aliphatic heterocycles. The molecule has 0 spiro atoms. The standard InChI is InChI=1S/C18H17FN2O2/c19-15-9-5-4-8-14(15)12-21-17(22)16(20-18(21)23)11-10-13-6-2-1-3-7-13/h1-9,16H,10-12H2,(H,20,23)/t16-/m0/s1. The first-order valence-corrected chi connectivity index (χ1v) is 7.54. The van der Waals surface area contributed by atoms with Crippen LogP contribution in [0.4, 0.5) is 9.18 Å². The molecule has 0 bridgehead atoms. The van der Waals surface area contributed by atoms with E-state index in [0.717, 1.165) is 10.5 Å². The van der Waals surface area contributed by atoms with Gasteiger partial charge >= 0.3 is 6.03 Å². The third kappa shape index (κ3) is 3.39. The molecular formula is C18H17FN2O2. The van der Waals surface area contributed by atoms with Crippen LogP contribution in [-0.2, 0) is 17.8 Å². The number of amides is 3. The number of nitrogens with zero attached hydrogens (tertiary/aromatic N) is 1. The van der Waals surface area contributed by atoms with Gasteiger partial charge in [0.15, 0.2) is 0 Å². The topological polar surface area (TPSA) is 49.4 Å². The SMILES string of the molecule is O=C1N[C@@H](CCc2ccccc2)C(=O)N1Cc1ccccc1F. The summed E-state index contributed by atoms with van der Waals surface area (Å²) >= 11 is 0. The van der Waals surface area contributed by atoms with E-state index in [1.54, 1.807) is 18.2 Å². The van der Waals surface area contributed by atoms with E-state index in [4.69, 9.17) is 0 Å². The van der Waals surface area contributed by atoms with Gasteiger partial charge in [0, 0.05) is 5.56 Å². The highest BCUT2D eigenvalue weighted by Crippen LogP contribution is 2.17. The summed E-state index contributed by atoms with van der Waals surface area (Å²) in [6.07, 6.45) is 1.23. The number of carbonyl (C=O) groups is 2. The van der Waals surface area contributed by atoms with Crippen molar-refractivity contribution in [1.82, 2.24) is 10.2 Å². The summed E-state index contributed by atoms with van der Waals surface area (Å²) in [5, 5.41) is 2.68. The first-order valence-electron chi connectivity index (χ1n) is 7.54. The average molecular weight is 312 g/mol. The van der Waals surface area contributed by atoms with Gasteiger partial charge in [-0.3, -0.25) is 9.69 Å². The fraction of sp³-hybridized carbons (Fsp3) is 0.222. The molecule has 1 atom stereocenters. The second-order valence-electron chi connectivity index (χ2n) is 5.54. The molecular weight excluding hydrogens is 295 g/mol. The number of benzene rings is 2. The maximum absolute atomic E-state index is 13.7. The van der Waals surface area contributed by atoms with Gasteiger partial charge in [-0.15, -0.1) is 0 Å². The van der Waals surface area contributed by atoms with Crippen LogP contribution < -0.4 is 5.32 Å². The van der Waals surface area contributed by atoms with Crippen LogP contribution in [0, 0.1) is 5.82 Å². The summed E-state index contributed by atoms with van der Waals surface area (Å²) in [6, 6.07) is 14.9. The van der Waals surface area contributed by atoms with Crippen LogP contribution in [0.3, 0.4) is 0 Å². The Bertz CT molecular complexity index is 718. The minimum atomic E-state index is -0.547. The Morgan fingerprint density at radius 2 is 1.70 bits per heavy atom. The van der Waals surface area contributed by atoms with E-state index in [2.05, 4.69) is 5.32 Å². The molecule has 0 radical (unpaired) electrons. The van der Waals surface area contributed by atoms with Gasteiger partial charge in [0.2, 0.25) is 0 Å². The Labute approximate surface area is 133 Å². The molecule has 3 rings (SSSR count). The highest BCUT2D eigenvalue weighted by Gasteiger charge is 2.37. The molecule has 23 heavy (non-hydrogen) atoms. The molecule has 2 aromatic rings. The van der Waals surface area contributed by atoms with Gasteiger partial charge in [-0.05, 0) is 24.5 Å². The molecule has 1 heterocycles. The van der Waals surface area contributed by atoms with Gasteiger partial charge in [-0.25, -0.2) is 9.18 Å². The van der Waals surface area contributed by atoms with Crippen LogP contribution in [0.15, 0.2) is 54.6 Å². The first-order chi connectivity index (χ1) is 11.1. The third-order valence-corrected chi connectivity index (χ3v) is 3.96. The maximum atomic E-state index is 13.7. The Kier molecular flexibility index (Phi) is 4.37. The van der Waals surface area contributed by atoms with Crippen LogP contribution in [-0.4, -0.2) is 22.9 Å². The molecule has 5 heteroatoms. The van der Waals surface area contributed by atoms with Crippen LogP contribution in [0.25, 0.3) is 0 Å². The zero-order valence-corrected chi connectivity index (χ0v) is 12.5.